The number of nitrogens with zero attached hydrogens (tertiary/aromatic N) is 1. The summed E-state index contributed by atoms with van der Waals surface area (Å²) in [6.45, 7) is 1.74. The fourth-order valence-electron chi connectivity index (χ4n) is 1.77. The van der Waals surface area contributed by atoms with Gasteiger partial charge in [-0.1, -0.05) is 6.07 Å². The van der Waals surface area contributed by atoms with Gasteiger partial charge in [-0.15, -0.1) is 0 Å². The number of halogens is 1. The Labute approximate surface area is 120 Å². The van der Waals surface area contributed by atoms with Gasteiger partial charge in [0.05, 0.1) is 12.7 Å². The zero-order chi connectivity index (χ0) is 15.4. The Morgan fingerprint density at radius 3 is 2.62 bits per heavy atom. The molecule has 2 rings (SSSR count). The van der Waals surface area contributed by atoms with Crippen LogP contribution in [0, 0.1) is 12.9 Å². The van der Waals surface area contributed by atoms with Crippen LogP contribution in [0.1, 0.15) is 26.4 Å². The standard InChI is InChI=1S/C15H13FN2O3/c1-9-8-10(15(20)21-2)6-7-11(9)18-14(19)12-4-3-5-13(16)17-12/h3-8H,1-2H3,(H,18,19). The Morgan fingerprint density at radius 2 is 2.00 bits per heavy atom. The third-order valence-electron chi connectivity index (χ3n) is 2.84. The van der Waals surface area contributed by atoms with Gasteiger partial charge >= 0.3 is 5.97 Å². The van der Waals surface area contributed by atoms with Gasteiger partial charge in [-0.3, -0.25) is 4.79 Å². The second kappa shape index (κ2) is 6.13. The molecule has 0 aliphatic carbocycles. The average molecular weight is 288 g/mol. The Hall–Kier alpha value is -2.76. The molecular weight excluding hydrogens is 275 g/mol. The van der Waals surface area contributed by atoms with Crippen molar-refractivity contribution in [2.45, 2.75) is 6.92 Å². The van der Waals surface area contributed by atoms with Crippen molar-refractivity contribution in [2.75, 3.05) is 12.4 Å². The van der Waals surface area contributed by atoms with Gasteiger partial charge in [-0.2, -0.15) is 4.39 Å². The second-order valence-corrected chi connectivity index (χ2v) is 4.32. The summed E-state index contributed by atoms with van der Waals surface area (Å²) in [6.07, 6.45) is 0. The number of nitrogens with one attached hydrogen (secondary N) is 1. The van der Waals surface area contributed by atoms with Crippen LogP contribution >= 0.6 is 0 Å². The van der Waals surface area contributed by atoms with Gasteiger partial charge in [0.25, 0.3) is 5.91 Å². The molecule has 1 aromatic heterocycles. The molecule has 0 saturated heterocycles. The third-order valence-corrected chi connectivity index (χ3v) is 2.84. The number of esters is 1. The Balaban J connectivity index is 2.20. The number of anilines is 1. The first kappa shape index (κ1) is 14.6. The maximum absolute atomic E-state index is 13.0. The molecule has 0 atom stereocenters. The van der Waals surface area contributed by atoms with Crippen LogP contribution in [0.5, 0.6) is 0 Å². The number of carbonyl (C=O) groups is 2. The predicted octanol–water partition coefficient (Wildman–Crippen LogP) is 2.57. The zero-order valence-corrected chi connectivity index (χ0v) is 11.5. The summed E-state index contributed by atoms with van der Waals surface area (Å²) < 4.78 is 17.6. The van der Waals surface area contributed by atoms with E-state index in [0.717, 1.165) is 6.07 Å². The molecule has 0 saturated carbocycles. The van der Waals surface area contributed by atoms with Crippen LogP contribution in [-0.4, -0.2) is 24.0 Å². The molecule has 0 unspecified atom stereocenters. The van der Waals surface area contributed by atoms with Crippen molar-refractivity contribution in [3.63, 3.8) is 0 Å². The van der Waals surface area contributed by atoms with Crippen molar-refractivity contribution >= 4 is 17.6 Å². The van der Waals surface area contributed by atoms with Crippen LogP contribution in [0.25, 0.3) is 0 Å². The number of hydrogen-bond donors (Lipinski definition) is 1. The molecule has 0 bridgehead atoms. The summed E-state index contributed by atoms with van der Waals surface area (Å²) in [5, 5.41) is 2.62. The fraction of sp³-hybridized carbons (Fsp3) is 0.133. The Bertz CT molecular complexity index is 701. The lowest BCUT2D eigenvalue weighted by molar-refractivity contribution is 0.0600. The molecule has 1 heterocycles. The van der Waals surface area contributed by atoms with Crippen LogP contribution in [0.2, 0.25) is 0 Å². The van der Waals surface area contributed by atoms with Gasteiger partial charge in [0.1, 0.15) is 5.69 Å². The summed E-state index contributed by atoms with van der Waals surface area (Å²) in [5.74, 6) is -1.70. The van der Waals surface area contributed by atoms with Gasteiger partial charge in [-0.05, 0) is 42.8 Å². The van der Waals surface area contributed by atoms with Crippen LogP contribution in [0.15, 0.2) is 36.4 Å². The summed E-state index contributed by atoms with van der Waals surface area (Å²) in [4.78, 5) is 26.9. The molecule has 0 aliphatic rings. The first-order valence-electron chi connectivity index (χ1n) is 6.14. The topological polar surface area (TPSA) is 68.3 Å². The minimum Gasteiger partial charge on any atom is -0.465 e. The van der Waals surface area contributed by atoms with E-state index in [0.29, 0.717) is 16.8 Å². The number of amides is 1. The first-order valence-corrected chi connectivity index (χ1v) is 6.14. The van der Waals surface area contributed by atoms with Crippen LogP contribution in [0.4, 0.5) is 10.1 Å². The zero-order valence-electron chi connectivity index (χ0n) is 11.5. The Morgan fingerprint density at radius 1 is 1.24 bits per heavy atom. The number of aryl methyl sites for hydroxylation is 1. The number of pyridine rings is 1. The molecule has 6 heteroatoms. The van der Waals surface area contributed by atoms with Crippen LogP contribution in [0.3, 0.4) is 0 Å². The van der Waals surface area contributed by atoms with E-state index in [4.69, 9.17) is 0 Å². The molecule has 21 heavy (non-hydrogen) atoms. The average Bonchev–Trinajstić information content (AvgIpc) is 2.48. The third kappa shape index (κ3) is 3.42. The summed E-state index contributed by atoms with van der Waals surface area (Å²) in [7, 11) is 1.29. The number of benzene rings is 1. The molecule has 108 valence electrons. The fourth-order valence-corrected chi connectivity index (χ4v) is 1.77. The summed E-state index contributed by atoms with van der Waals surface area (Å²) in [5.41, 5.74) is 1.56. The predicted molar refractivity (Wildman–Crippen MR) is 74.7 cm³/mol. The first-order chi connectivity index (χ1) is 10.0. The van der Waals surface area contributed by atoms with E-state index in [-0.39, 0.29) is 5.69 Å². The molecule has 0 aliphatic heterocycles. The van der Waals surface area contributed by atoms with E-state index >= 15 is 0 Å². The van der Waals surface area contributed by atoms with E-state index in [1.54, 1.807) is 19.1 Å². The lowest BCUT2D eigenvalue weighted by Gasteiger charge is -2.09. The largest absolute Gasteiger partial charge is 0.465 e. The van der Waals surface area contributed by atoms with Crippen molar-refractivity contribution in [3.8, 4) is 0 Å². The maximum Gasteiger partial charge on any atom is 0.337 e. The van der Waals surface area contributed by atoms with E-state index in [1.807, 2.05) is 0 Å². The number of rotatable bonds is 3. The number of aromatic nitrogens is 1. The van der Waals surface area contributed by atoms with Crippen molar-refractivity contribution in [3.05, 3.63) is 59.2 Å². The minimum atomic E-state index is -0.722. The number of methoxy groups -OCH3 is 1. The molecule has 1 aromatic carbocycles. The number of ether oxygens (including phenoxy) is 1. The minimum absolute atomic E-state index is 0.0218. The summed E-state index contributed by atoms with van der Waals surface area (Å²) >= 11 is 0. The van der Waals surface area contributed by atoms with E-state index in [1.165, 1.54) is 25.3 Å². The molecule has 2 aromatic rings. The molecule has 1 N–H and O–H groups in total. The van der Waals surface area contributed by atoms with Gasteiger partial charge in [0.15, 0.2) is 0 Å². The van der Waals surface area contributed by atoms with Gasteiger partial charge in [0, 0.05) is 5.69 Å². The highest BCUT2D eigenvalue weighted by atomic mass is 19.1. The molecular formula is C15H13FN2O3. The number of hydrogen-bond acceptors (Lipinski definition) is 4. The van der Waals surface area contributed by atoms with E-state index < -0.39 is 17.8 Å². The van der Waals surface area contributed by atoms with Crippen LogP contribution < -0.4 is 5.32 Å². The lowest BCUT2D eigenvalue weighted by Crippen LogP contribution is -2.15. The normalized spacial score (nSPS) is 10.0. The number of carbonyl (C=O) groups excluding carboxylic acids is 2. The molecule has 0 radical (unpaired) electrons. The molecule has 0 spiro atoms. The van der Waals surface area contributed by atoms with E-state index in [9.17, 15) is 14.0 Å². The quantitative estimate of drug-likeness (QED) is 0.696. The second-order valence-electron chi connectivity index (χ2n) is 4.32. The SMILES string of the molecule is COC(=O)c1ccc(NC(=O)c2cccc(F)n2)c(C)c1. The van der Waals surface area contributed by atoms with Crippen molar-refractivity contribution in [1.29, 1.82) is 0 Å². The van der Waals surface area contributed by atoms with Gasteiger partial charge in [0.2, 0.25) is 5.95 Å². The van der Waals surface area contributed by atoms with Crippen molar-refractivity contribution in [1.82, 2.24) is 4.98 Å². The smallest absolute Gasteiger partial charge is 0.337 e. The monoisotopic (exact) mass is 288 g/mol. The van der Waals surface area contributed by atoms with Gasteiger partial charge in [-0.25, -0.2) is 9.78 Å². The van der Waals surface area contributed by atoms with Crippen LogP contribution in [-0.2, 0) is 4.74 Å². The van der Waals surface area contributed by atoms with Crippen molar-refractivity contribution < 1.29 is 18.7 Å². The van der Waals surface area contributed by atoms with Gasteiger partial charge < -0.3 is 10.1 Å². The maximum atomic E-state index is 13.0. The molecule has 1 amide bonds. The Kier molecular flexibility index (Phi) is 4.27. The summed E-state index contributed by atoms with van der Waals surface area (Å²) in [6, 6.07) is 8.70. The van der Waals surface area contributed by atoms with Crippen molar-refractivity contribution in [2.24, 2.45) is 0 Å². The highest BCUT2D eigenvalue weighted by molar-refractivity contribution is 6.03. The van der Waals surface area contributed by atoms with E-state index in [2.05, 4.69) is 15.0 Å². The molecule has 0 fully saturated rings. The molecule has 5 nitrogen and oxygen atoms in total. The highest BCUT2D eigenvalue weighted by Crippen LogP contribution is 2.18. The lowest BCUT2D eigenvalue weighted by atomic mass is 10.1. The highest BCUT2D eigenvalue weighted by Gasteiger charge is 2.12.